The van der Waals surface area contributed by atoms with Crippen LogP contribution in [0.5, 0.6) is 11.5 Å². The van der Waals surface area contributed by atoms with E-state index in [0.717, 1.165) is 48.3 Å². The van der Waals surface area contributed by atoms with Crippen LogP contribution in [0, 0.1) is 5.82 Å². The Hall–Kier alpha value is -3.63. The lowest BCUT2D eigenvalue weighted by molar-refractivity contribution is 0.293. The Kier molecular flexibility index (Phi) is 9.94. The van der Waals surface area contributed by atoms with Crippen LogP contribution >= 0.6 is 0 Å². The van der Waals surface area contributed by atoms with E-state index in [2.05, 4.69) is 59.9 Å². The van der Waals surface area contributed by atoms with Crippen molar-refractivity contribution in [3.63, 3.8) is 0 Å². The van der Waals surface area contributed by atoms with Gasteiger partial charge >= 0.3 is 0 Å². The van der Waals surface area contributed by atoms with E-state index in [1.54, 1.807) is 12.1 Å². The molecule has 0 aliphatic heterocycles. The summed E-state index contributed by atoms with van der Waals surface area (Å²) in [4.78, 5) is 0. The topological polar surface area (TPSA) is 30.5 Å². The predicted octanol–water partition coefficient (Wildman–Crippen LogP) is 7.14. The summed E-state index contributed by atoms with van der Waals surface area (Å²) >= 11 is 0. The highest BCUT2D eigenvalue weighted by Crippen LogP contribution is 2.26. The molecule has 3 nitrogen and oxygen atoms in total. The number of rotatable bonds is 14. The van der Waals surface area contributed by atoms with Crippen molar-refractivity contribution in [3.8, 4) is 11.5 Å². The number of hydrogen-bond donors (Lipinski definition) is 1. The van der Waals surface area contributed by atoms with Gasteiger partial charge in [-0.1, -0.05) is 78.9 Å². The van der Waals surface area contributed by atoms with Gasteiger partial charge in [0.05, 0.1) is 13.2 Å². The number of hydrogen-bond acceptors (Lipinski definition) is 3. The minimum absolute atomic E-state index is 0.218. The normalized spacial score (nSPS) is 10.8. The van der Waals surface area contributed by atoms with Gasteiger partial charge < -0.3 is 14.8 Å². The molecule has 0 bridgehead atoms. The summed E-state index contributed by atoms with van der Waals surface area (Å²) in [5, 5.41) is 3.44. The smallest absolute Gasteiger partial charge is 0.127 e. The fourth-order valence-corrected chi connectivity index (χ4v) is 4.06. The third-order valence-electron chi connectivity index (χ3n) is 6.03. The van der Waals surface area contributed by atoms with Crippen LogP contribution < -0.4 is 14.8 Å². The van der Waals surface area contributed by atoms with Crippen LogP contribution in [-0.2, 0) is 25.9 Å². The van der Waals surface area contributed by atoms with Crippen molar-refractivity contribution in [1.29, 1.82) is 0 Å². The lowest BCUT2D eigenvalue weighted by Gasteiger charge is -2.15. The van der Waals surface area contributed by atoms with Gasteiger partial charge in [0.15, 0.2) is 0 Å². The Balaban J connectivity index is 1.32. The van der Waals surface area contributed by atoms with Crippen LogP contribution in [0.3, 0.4) is 0 Å². The molecular weight excluding hydrogens is 449 g/mol. The summed E-state index contributed by atoms with van der Waals surface area (Å²) < 4.78 is 25.4. The quantitative estimate of drug-likeness (QED) is 0.193. The van der Waals surface area contributed by atoms with E-state index in [1.807, 2.05) is 24.3 Å². The number of benzene rings is 4. The second-order valence-electron chi connectivity index (χ2n) is 8.87. The Morgan fingerprint density at radius 2 is 1.19 bits per heavy atom. The number of halogens is 1. The van der Waals surface area contributed by atoms with Crippen LogP contribution in [0.2, 0.25) is 0 Å². The molecule has 0 atom stereocenters. The zero-order valence-electron chi connectivity index (χ0n) is 20.7. The molecule has 0 aliphatic rings. The van der Waals surface area contributed by atoms with Crippen molar-refractivity contribution in [2.75, 3.05) is 13.2 Å². The molecule has 0 fully saturated rings. The first-order valence-electron chi connectivity index (χ1n) is 12.7. The monoisotopic (exact) mass is 483 g/mol. The van der Waals surface area contributed by atoms with Gasteiger partial charge in [-0.3, -0.25) is 0 Å². The van der Waals surface area contributed by atoms with Crippen molar-refractivity contribution in [1.82, 2.24) is 5.32 Å². The first-order chi connectivity index (χ1) is 17.8. The summed E-state index contributed by atoms with van der Waals surface area (Å²) in [5.41, 5.74) is 4.76. The van der Waals surface area contributed by atoms with Gasteiger partial charge in [0.25, 0.3) is 0 Å². The molecule has 4 aromatic rings. The lowest BCUT2D eigenvalue weighted by Crippen LogP contribution is -2.14. The van der Waals surface area contributed by atoms with Gasteiger partial charge in [0.1, 0.15) is 17.3 Å². The lowest BCUT2D eigenvalue weighted by atomic mass is 10.1. The zero-order valence-corrected chi connectivity index (χ0v) is 20.7. The van der Waals surface area contributed by atoms with Crippen molar-refractivity contribution < 1.29 is 13.9 Å². The molecule has 0 aliphatic carbocycles. The third-order valence-corrected chi connectivity index (χ3v) is 6.03. The van der Waals surface area contributed by atoms with Crippen LogP contribution in [0.4, 0.5) is 4.39 Å². The van der Waals surface area contributed by atoms with E-state index >= 15 is 0 Å². The van der Waals surface area contributed by atoms with Crippen molar-refractivity contribution >= 4 is 0 Å². The first-order valence-corrected chi connectivity index (χ1v) is 12.7. The average molecular weight is 484 g/mol. The molecule has 0 amide bonds. The van der Waals surface area contributed by atoms with Gasteiger partial charge in [0, 0.05) is 24.7 Å². The number of aryl methyl sites for hydroxylation is 2. The van der Waals surface area contributed by atoms with E-state index in [1.165, 1.54) is 23.3 Å². The molecule has 186 valence electrons. The van der Waals surface area contributed by atoms with E-state index in [-0.39, 0.29) is 5.82 Å². The molecule has 36 heavy (non-hydrogen) atoms. The maximum Gasteiger partial charge on any atom is 0.127 e. The molecule has 4 heteroatoms. The van der Waals surface area contributed by atoms with E-state index in [4.69, 9.17) is 9.47 Å². The van der Waals surface area contributed by atoms with Gasteiger partial charge in [0.2, 0.25) is 0 Å². The maximum atomic E-state index is 13.2. The van der Waals surface area contributed by atoms with Crippen LogP contribution in [0.25, 0.3) is 0 Å². The molecule has 0 saturated heterocycles. The Labute approximate surface area is 213 Å². The minimum atomic E-state index is -0.218. The highest BCUT2D eigenvalue weighted by Gasteiger charge is 2.08. The molecule has 0 saturated carbocycles. The van der Waals surface area contributed by atoms with Gasteiger partial charge in [-0.15, -0.1) is 0 Å². The summed E-state index contributed by atoms with van der Waals surface area (Å²) in [7, 11) is 0. The van der Waals surface area contributed by atoms with Gasteiger partial charge in [-0.05, 0) is 60.6 Å². The van der Waals surface area contributed by atoms with Crippen molar-refractivity contribution in [2.24, 2.45) is 0 Å². The fourth-order valence-electron chi connectivity index (χ4n) is 4.06. The van der Waals surface area contributed by atoms with Crippen LogP contribution in [0.1, 0.15) is 35.1 Å². The molecule has 0 heterocycles. The van der Waals surface area contributed by atoms with Gasteiger partial charge in [-0.25, -0.2) is 4.39 Å². The Morgan fingerprint density at radius 3 is 1.83 bits per heavy atom. The largest absolute Gasteiger partial charge is 0.493 e. The minimum Gasteiger partial charge on any atom is -0.493 e. The highest BCUT2D eigenvalue weighted by molar-refractivity contribution is 5.41. The van der Waals surface area contributed by atoms with Crippen molar-refractivity contribution in [3.05, 3.63) is 131 Å². The molecular formula is C32H34FNO2. The standard InChI is InChI=1S/C32H34FNO2/c33-30-18-15-28(16-19-30)24-34-25-29-17-20-31(35-21-7-13-26-9-3-1-4-10-26)23-32(29)36-22-8-14-27-11-5-2-6-12-27/h1-6,9-12,15-20,23,34H,7-8,13-14,21-22,24-25H2. The maximum absolute atomic E-state index is 13.2. The summed E-state index contributed by atoms with van der Waals surface area (Å²) in [6.45, 7) is 2.60. The van der Waals surface area contributed by atoms with E-state index in [9.17, 15) is 4.39 Å². The molecule has 0 radical (unpaired) electrons. The summed E-state index contributed by atoms with van der Waals surface area (Å²) in [5.74, 6) is 1.45. The third kappa shape index (κ3) is 8.54. The second-order valence-corrected chi connectivity index (χ2v) is 8.87. The van der Waals surface area contributed by atoms with Gasteiger partial charge in [-0.2, -0.15) is 0 Å². The summed E-state index contributed by atoms with van der Waals surface area (Å²) in [6.07, 6.45) is 3.87. The van der Waals surface area contributed by atoms with E-state index < -0.39 is 0 Å². The number of ether oxygens (including phenoxy) is 2. The summed E-state index contributed by atoms with van der Waals surface area (Å²) in [6, 6.07) is 33.6. The van der Waals surface area contributed by atoms with Crippen molar-refractivity contribution in [2.45, 2.75) is 38.8 Å². The number of nitrogens with one attached hydrogen (secondary N) is 1. The second kappa shape index (κ2) is 14.1. The Morgan fingerprint density at radius 1 is 0.583 bits per heavy atom. The molecule has 1 N–H and O–H groups in total. The fraction of sp³-hybridized carbons (Fsp3) is 0.250. The molecule has 0 unspecified atom stereocenters. The van der Waals surface area contributed by atoms with Crippen LogP contribution in [0.15, 0.2) is 103 Å². The zero-order chi connectivity index (χ0) is 24.8. The van der Waals surface area contributed by atoms with E-state index in [0.29, 0.717) is 26.3 Å². The Bertz CT molecular complexity index is 1160. The molecule has 0 spiro atoms. The molecule has 4 aromatic carbocycles. The van der Waals surface area contributed by atoms with Crippen LogP contribution in [-0.4, -0.2) is 13.2 Å². The average Bonchev–Trinajstić information content (AvgIpc) is 2.92. The molecule has 0 aromatic heterocycles. The SMILES string of the molecule is Fc1ccc(CNCc2ccc(OCCCc3ccccc3)cc2OCCCc2ccccc2)cc1. The predicted molar refractivity (Wildman–Crippen MR) is 144 cm³/mol. The highest BCUT2D eigenvalue weighted by atomic mass is 19.1. The first kappa shape index (κ1) is 25.5. The molecule has 4 rings (SSSR count).